The monoisotopic (exact) mass is 456 g/mol. The number of ether oxygens (including phenoxy) is 4. The van der Waals surface area contributed by atoms with E-state index in [4.69, 9.17) is 18.9 Å². The van der Waals surface area contributed by atoms with Crippen molar-refractivity contribution in [2.45, 2.75) is 59.2 Å². The first-order valence-corrected chi connectivity index (χ1v) is 10.5. The average molecular weight is 456 g/mol. The van der Waals surface area contributed by atoms with Gasteiger partial charge >= 0.3 is 23.9 Å². The number of rotatable bonds is 6. The summed E-state index contributed by atoms with van der Waals surface area (Å²) < 4.78 is 19.7. The Morgan fingerprint density at radius 2 is 0.879 bits per heavy atom. The minimum absolute atomic E-state index is 0.218. The van der Waals surface area contributed by atoms with E-state index in [1.165, 1.54) is 0 Å². The lowest BCUT2D eigenvalue weighted by molar-refractivity contribution is -0.164. The Morgan fingerprint density at radius 3 is 1.15 bits per heavy atom. The largest absolute Gasteiger partial charge is 0.455 e. The molecule has 0 bridgehead atoms. The van der Waals surface area contributed by atoms with Crippen molar-refractivity contribution in [3.63, 3.8) is 0 Å². The Kier molecular flexibility index (Phi) is 8.34. The molecule has 0 saturated carbocycles. The van der Waals surface area contributed by atoms with Crippen LogP contribution in [-0.2, 0) is 34.1 Å². The van der Waals surface area contributed by atoms with E-state index in [0.717, 1.165) is 11.1 Å². The Bertz CT molecular complexity index is 920. The molecule has 0 amide bonds. The number of carbonyl (C=O) groups excluding carboxylic acids is 4. The molecule has 0 spiro atoms. The van der Waals surface area contributed by atoms with E-state index in [9.17, 15) is 19.2 Å². The highest BCUT2D eigenvalue weighted by atomic mass is 16.6. The Labute approximate surface area is 192 Å². The van der Waals surface area contributed by atoms with Crippen LogP contribution in [0.2, 0.25) is 0 Å². The van der Waals surface area contributed by atoms with Crippen molar-refractivity contribution in [2.24, 2.45) is 0 Å². The van der Waals surface area contributed by atoms with Gasteiger partial charge in [0.1, 0.15) is 11.5 Å². The summed E-state index contributed by atoms with van der Waals surface area (Å²) in [5.41, 5.74) is 1.38. The molecule has 0 aliphatic carbocycles. The minimum atomic E-state index is -1.09. The third kappa shape index (κ3) is 7.17. The predicted molar refractivity (Wildman–Crippen MR) is 119 cm³/mol. The maximum atomic E-state index is 11.8. The van der Waals surface area contributed by atoms with E-state index >= 15 is 0 Å². The van der Waals surface area contributed by atoms with Crippen LogP contribution in [0.15, 0.2) is 48.5 Å². The fourth-order valence-corrected chi connectivity index (χ4v) is 2.87. The van der Waals surface area contributed by atoms with Gasteiger partial charge in [-0.25, -0.2) is 19.2 Å². The van der Waals surface area contributed by atoms with Crippen LogP contribution in [0.4, 0.5) is 0 Å². The first-order valence-electron chi connectivity index (χ1n) is 10.5. The average Bonchev–Trinajstić information content (AvgIpc) is 2.73. The molecular weight excluding hydrogens is 428 g/mol. The second kappa shape index (κ2) is 10.8. The molecule has 0 fully saturated rings. The molecule has 0 N–H and O–H groups in total. The van der Waals surface area contributed by atoms with Gasteiger partial charge in [-0.05, 0) is 63.1 Å². The molecule has 8 heteroatoms. The molecule has 0 unspecified atom stereocenters. The van der Waals surface area contributed by atoms with Crippen molar-refractivity contribution in [2.75, 3.05) is 0 Å². The van der Waals surface area contributed by atoms with Crippen LogP contribution in [0.25, 0.3) is 0 Å². The topological polar surface area (TPSA) is 105 Å². The molecule has 33 heavy (non-hydrogen) atoms. The third-order valence-corrected chi connectivity index (χ3v) is 4.59. The van der Waals surface area contributed by atoms with Gasteiger partial charge in [-0.15, -0.1) is 0 Å². The van der Waals surface area contributed by atoms with Crippen molar-refractivity contribution >= 4 is 23.9 Å². The van der Waals surface area contributed by atoms with Crippen molar-refractivity contribution in [3.8, 4) is 11.5 Å². The van der Waals surface area contributed by atoms with Crippen LogP contribution in [0, 0.1) is 0 Å². The molecule has 0 saturated heterocycles. The molecule has 0 aromatic heterocycles. The van der Waals surface area contributed by atoms with E-state index < -0.39 is 41.5 Å². The fourth-order valence-electron chi connectivity index (χ4n) is 2.87. The zero-order chi connectivity index (χ0) is 24.8. The summed E-state index contributed by atoms with van der Waals surface area (Å²) in [6.07, 6.45) is -0.839. The first-order chi connectivity index (χ1) is 15.4. The molecule has 2 aromatic rings. The van der Waals surface area contributed by atoms with E-state index in [-0.39, 0.29) is 11.5 Å². The second-order valence-electron chi connectivity index (χ2n) is 8.36. The van der Waals surface area contributed by atoms with Crippen LogP contribution in [0.5, 0.6) is 11.5 Å². The van der Waals surface area contributed by atoms with Gasteiger partial charge in [0.2, 0.25) is 0 Å². The van der Waals surface area contributed by atoms with E-state index in [2.05, 4.69) is 0 Å². The van der Waals surface area contributed by atoms with Crippen LogP contribution in [0.3, 0.4) is 0 Å². The SMILES string of the molecule is CC(C)OC(=O)C(=O)Oc1ccc(C(C)(C)c2ccc(OC(=O)C(=O)OC(C)C)cc2)cc1. The lowest BCUT2D eigenvalue weighted by Crippen LogP contribution is -2.25. The molecule has 0 aliphatic rings. The standard InChI is InChI=1S/C25H28O8/c1-15(2)30-21(26)23(28)32-19-11-7-17(8-12-19)25(5,6)18-9-13-20(14-10-18)33-24(29)22(27)31-16(3)4/h7-16H,1-6H3. The summed E-state index contributed by atoms with van der Waals surface area (Å²) >= 11 is 0. The van der Waals surface area contributed by atoms with Gasteiger partial charge in [-0.1, -0.05) is 38.1 Å². The second-order valence-corrected chi connectivity index (χ2v) is 8.36. The highest BCUT2D eigenvalue weighted by Gasteiger charge is 2.25. The number of hydrogen-bond acceptors (Lipinski definition) is 8. The maximum absolute atomic E-state index is 11.8. The molecule has 176 valence electrons. The lowest BCUT2D eigenvalue weighted by atomic mass is 9.78. The van der Waals surface area contributed by atoms with Gasteiger partial charge in [0.05, 0.1) is 12.2 Å². The van der Waals surface area contributed by atoms with Gasteiger partial charge in [-0.3, -0.25) is 0 Å². The number of esters is 4. The molecule has 2 rings (SSSR count). The van der Waals surface area contributed by atoms with Crippen LogP contribution < -0.4 is 9.47 Å². The molecular formula is C25H28O8. The van der Waals surface area contributed by atoms with E-state index in [0.29, 0.717) is 0 Å². The van der Waals surface area contributed by atoms with Gasteiger partial charge in [0.15, 0.2) is 0 Å². The Hall–Kier alpha value is -3.68. The summed E-state index contributed by atoms with van der Waals surface area (Å²) in [6, 6.07) is 13.5. The Morgan fingerprint density at radius 1 is 0.576 bits per heavy atom. The highest BCUT2D eigenvalue weighted by Crippen LogP contribution is 2.33. The highest BCUT2D eigenvalue weighted by molar-refractivity contribution is 6.30. The van der Waals surface area contributed by atoms with Crippen LogP contribution in [0.1, 0.15) is 52.7 Å². The molecule has 0 radical (unpaired) electrons. The summed E-state index contributed by atoms with van der Waals surface area (Å²) in [7, 11) is 0. The third-order valence-electron chi connectivity index (χ3n) is 4.59. The molecule has 0 aliphatic heterocycles. The lowest BCUT2D eigenvalue weighted by Gasteiger charge is -2.26. The van der Waals surface area contributed by atoms with Crippen molar-refractivity contribution < 1.29 is 38.1 Å². The van der Waals surface area contributed by atoms with Gasteiger partial charge in [0.25, 0.3) is 0 Å². The predicted octanol–water partition coefficient (Wildman–Crippen LogP) is 3.73. The van der Waals surface area contributed by atoms with E-state index in [1.54, 1.807) is 76.2 Å². The minimum Gasteiger partial charge on any atom is -0.455 e. The molecule has 0 heterocycles. The van der Waals surface area contributed by atoms with Gasteiger partial charge in [-0.2, -0.15) is 0 Å². The Balaban J connectivity index is 2.07. The molecule has 2 aromatic carbocycles. The summed E-state index contributed by atoms with van der Waals surface area (Å²) in [6.45, 7) is 10.5. The zero-order valence-electron chi connectivity index (χ0n) is 19.5. The smallest absolute Gasteiger partial charge is 0.422 e. The zero-order valence-corrected chi connectivity index (χ0v) is 19.5. The molecule has 8 nitrogen and oxygen atoms in total. The molecule has 0 atom stereocenters. The fraction of sp³-hybridized carbons (Fsp3) is 0.360. The van der Waals surface area contributed by atoms with Crippen molar-refractivity contribution in [3.05, 3.63) is 59.7 Å². The summed E-state index contributed by atoms with van der Waals surface area (Å²) in [5, 5.41) is 0. The first kappa shape index (κ1) is 25.6. The van der Waals surface area contributed by atoms with Crippen LogP contribution >= 0.6 is 0 Å². The van der Waals surface area contributed by atoms with Gasteiger partial charge < -0.3 is 18.9 Å². The summed E-state index contributed by atoms with van der Waals surface area (Å²) in [5.74, 6) is -3.83. The van der Waals surface area contributed by atoms with Crippen LogP contribution in [-0.4, -0.2) is 36.1 Å². The van der Waals surface area contributed by atoms with Gasteiger partial charge in [0, 0.05) is 5.41 Å². The summed E-state index contributed by atoms with van der Waals surface area (Å²) in [4.78, 5) is 46.8. The number of benzene rings is 2. The van der Waals surface area contributed by atoms with E-state index in [1.807, 2.05) is 13.8 Å². The maximum Gasteiger partial charge on any atom is 0.422 e. The van der Waals surface area contributed by atoms with Crippen molar-refractivity contribution in [1.29, 1.82) is 0 Å². The quantitative estimate of drug-likeness (QED) is 0.368. The van der Waals surface area contributed by atoms with Crippen molar-refractivity contribution in [1.82, 2.24) is 0 Å². The number of carbonyl (C=O) groups is 4. The normalized spacial score (nSPS) is 11.2. The number of hydrogen-bond donors (Lipinski definition) is 0.